The van der Waals surface area contributed by atoms with Gasteiger partial charge in [-0.2, -0.15) is 0 Å². The van der Waals surface area contributed by atoms with E-state index < -0.39 is 43.1 Å². The molecule has 4 rings (SSSR count). The third-order valence-electron chi connectivity index (χ3n) is 5.76. The first kappa shape index (κ1) is 22.0. The van der Waals surface area contributed by atoms with Gasteiger partial charge in [-0.1, -0.05) is 23.7 Å². The van der Waals surface area contributed by atoms with Gasteiger partial charge in [0.25, 0.3) is 0 Å². The summed E-state index contributed by atoms with van der Waals surface area (Å²) in [4.78, 5) is 0. The van der Waals surface area contributed by atoms with E-state index in [2.05, 4.69) is 0 Å². The Labute approximate surface area is 182 Å². The molecule has 1 saturated heterocycles. The number of aromatic hydroxyl groups is 1. The van der Waals surface area contributed by atoms with Crippen molar-refractivity contribution >= 4 is 22.5 Å². The topological polar surface area (TPSA) is 115 Å². The number of rotatable bonds is 4. The van der Waals surface area contributed by atoms with Crippen molar-refractivity contribution in [2.45, 2.75) is 44.0 Å². The molecule has 1 aliphatic heterocycles. The molecule has 0 bridgehead atoms. The van der Waals surface area contributed by atoms with Gasteiger partial charge in [0.15, 0.2) is 6.23 Å². The highest BCUT2D eigenvalue weighted by Gasteiger charge is 2.44. The van der Waals surface area contributed by atoms with Gasteiger partial charge in [0, 0.05) is 24.1 Å². The first-order valence-corrected chi connectivity index (χ1v) is 10.2. The zero-order valence-corrected chi connectivity index (χ0v) is 17.4. The number of benzene rings is 2. The predicted molar refractivity (Wildman–Crippen MR) is 112 cm³/mol. The second kappa shape index (κ2) is 8.38. The molecule has 0 aliphatic carbocycles. The lowest BCUT2D eigenvalue weighted by Crippen LogP contribution is -2.56. The van der Waals surface area contributed by atoms with Crippen LogP contribution in [0.2, 0.25) is 5.02 Å². The second-order valence-corrected chi connectivity index (χ2v) is 8.23. The fraction of sp³-hybridized carbons (Fsp3) is 0.364. The minimum Gasteiger partial charge on any atom is -0.508 e. The van der Waals surface area contributed by atoms with Gasteiger partial charge >= 0.3 is 0 Å². The number of aromatic nitrogens is 1. The van der Waals surface area contributed by atoms with Gasteiger partial charge in [-0.25, -0.2) is 4.39 Å². The summed E-state index contributed by atoms with van der Waals surface area (Å²) in [5.74, 6) is -0.753. The maximum atomic E-state index is 14.4. The first-order valence-electron chi connectivity index (χ1n) is 9.79. The van der Waals surface area contributed by atoms with Crippen LogP contribution < -0.4 is 0 Å². The average molecular weight is 452 g/mol. The van der Waals surface area contributed by atoms with Gasteiger partial charge < -0.3 is 34.8 Å². The highest BCUT2D eigenvalue weighted by molar-refractivity contribution is 6.35. The van der Waals surface area contributed by atoms with Crippen molar-refractivity contribution in [2.75, 3.05) is 6.61 Å². The predicted octanol–water partition coefficient (Wildman–Crippen LogP) is 2.01. The summed E-state index contributed by atoms with van der Waals surface area (Å²) in [5.41, 5.74) is 2.40. The Morgan fingerprint density at radius 1 is 1.06 bits per heavy atom. The third kappa shape index (κ3) is 3.80. The Kier molecular flexibility index (Phi) is 5.95. The average Bonchev–Trinajstić information content (AvgIpc) is 3.11. The SMILES string of the molecule is Cc1ccc(Cl)c2c(Cc3ccc(O)cc3F)cn([C@@H]3O[C@H](CO)[C@@H](O)[C@H](O)[C@H]3O)c12. The van der Waals surface area contributed by atoms with Gasteiger partial charge in [0.2, 0.25) is 0 Å². The van der Waals surface area contributed by atoms with Gasteiger partial charge in [-0.05, 0) is 35.7 Å². The molecule has 0 unspecified atom stereocenters. The number of fused-ring (bicyclic) bond motifs is 1. The van der Waals surface area contributed by atoms with E-state index in [0.717, 1.165) is 11.6 Å². The summed E-state index contributed by atoms with van der Waals surface area (Å²) in [7, 11) is 0. The molecule has 1 aliphatic rings. The van der Waals surface area contributed by atoms with E-state index in [-0.39, 0.29) is 12.2 Å². The van der Waals surface area contributed by atoms with Crippen molar-refractivity contribution in [1.82, 2.24) is 4.57 Å². The van der Waals surface area contributed by atoms with Gasteiger partial charge in [-0.15, -0.1) is 0 Å². The Morgan fingerprint density at radius 3 is 2.48 bits per heavy atom. The highest BCUT2D eigenvalue weighted by atomic mass is 35.5. The maximum Gasteiger partial charge on any atom is 0.163 e. The molecular formula is C22H23ClFNO6. The number of phenols is 1. The molecule has 5 atom stereocenters. The number of nitrogens with zero attached hydrogens (tertiary/aromatic N) is 1. The molecule has 0 amide bonds. The summed E-state index contributed by atoms with van der Waals surface area (Å²) in [5, 5.41) is 51.0. The van der Waals surface area contributed by atoms with E-state index >= 15 is 0 Å². The van der Waals surface area contributed by atoms with E-state index in [9.17, 15) is 29.9 Å². The Morgan fingerprint density at radius 2 is 1.81 bits per heavy atom. The smallest absolute Gasteiger partial charge is 0.163 e. The van der Waals surface area contributed by atoms with Crippen LogP contribution in [0.25, 0.3) is 10.9 Å². The monoisotopic (exact) mass is 451 g/mol. The molecule has 0 radical (unpaired) electrons. The zero-order valence-electron chi connectivity index (χ0n) is 16.6. The van der Waals surface area contributed by atoms with Crippen LogP contribution in [-0.2, 0) is 11.2 Å². The highest BCUT2D eigenvalue weighted by Crippen LogP contribution is 2.38. The molecule has 0 spiro atoms. The van der Waals surface area contributed by atoms with Crippen LogP contribution in [-0.4, -0.2) is 61.1 Å². The molecular weight excluding hydrogens is 429 g/mol. The summed E-state index contributed by atoms with van der Waals surface area (Å²) >= 11 is 6.48. The van der Waals surface area contributed by atoms with E-state index in [1.807, 2.05) is 6.92 Å². The van der Waals surface area contributed by atoms with Crippen LogP contribution in [0.5, 0.6) is 5.75 Å². The lowest BCUT2D eigenvalue weighted by Gasteiger charge is -2.40. The van der Waals surface area contributed by atoms with Crippen LogP contribution in [0.1, 0.15) is 22.9 Å². The van der Waals surface area contributed by atoms with Crippen LogP contribution in [0.15, 0.2) is 36.5 Å². The molecule has 5 N–H and O–H groups in total. The summed E-state index contributed by atoms with van der Waals surface area (Å²) < 4.78 is 21.7. The van der Waals surface area contributed by atoms with Gasteiger partial charge in [-0.3, -0.25) is 0 Å². The van der Waals surface area contributed by atoms with Crippen LogP contribution >= 0.6 is 11.6 Å². The number of hydrogen-bond acceptors (Lipinski definition) is 6. The molecule has 0 saturated carbocycles. The number of aliphatic hydroxyl groups is 4. The molecule has 31 heavy (non-hydrogen) atoms. The van der Waals surface area contributed by atoms with Crippen LogP contribution in [0, 0.1) is 12.7 Å². The van der Waals surface area contributed by atoms with Crippen LogP contribution in [0.3, 0.4) is 0 Å². The molecule has 166 valence electrons. The fourth-order valence-corrected chi connectivity index (χ4v) is 4.41. The van der Waals surface area contributed by atoms with E-state index in [4.69, 9.17) is 16.3 Å². The summed E-state index contributed by atoms with van der Waals surface area (Å²) in [6.07, 6.45) is -4.88. The largest absolute Gasteiger partial charge is 0.508 e. The normalized spacial score (nSPS) is 26.5. The van der Waals surface area contributed by atoms with E-state index in [0.29, 0.717) is 27.1 Å². The quantitative estimate of drug-likeness (QED) is 0.414. The van der Waals surface area contributed by atoms with Crippen molar-refractivity contribution in [3.63, 3.8) is 0 Å². The molecule has 2 heterocycles. The Hall–Kier alpha value is -2.20. The molecule has 1 fully saturated rings. The van der Waals surface area contributed by atoms with Gasteiger partial charge in [0.1, 0.15) is 36.0 Å². The molecule has 2 aromatic carbocycles. The maximum absolute atomic E-state index is 14.4. The zero-order chi connectivity index (χ0) is 22.4. The third-order valence-corrected chi connectivity index (χ3v) is 6.08. The summed E-state index contributed by atoms with van der Waals surface area (Å²) in [6.45, 7) is 1.29. The first-order chi connectivity index (χ1) is 14.7. The van der Waals surface area contributed by atoms with Crippen LogP contribution in [0.4, 0.5) is 4.39 Å². The standard InChI is InChI=1S/C22H23ClFNO6/c1-10-2-5-14(23)17-12(6-11-3-4-13(27)7-15(11)24)8-25(18(10)17)22-21(30)20(29)19(28)16(9-26)31-22/h2-5,7-8,16,19-22,26-30H,6,9H2,1H3/t16-,19-,20+,21-,22-/m1/s1. The number of aryl methyl sites for hydroxylation is 1. The fourth-order valence-electron chi connectivity index (χ4n) is 4.14. The number of aliphatic hydroxyl groups excluding tert-OH is 4. The van der Waals surface area contributed by atoms with Crippen molar-refractivity contribution in [1.29, 1.82) is 0 Å². The number of phenolic OH excluding ortho intramolecular Hbond substituents is 1. The lowest BCUT2D eigenvalue weighted by atomic mass is 9.98. The van der Waals surface area contributed by atoms with Crippen molar-refractivity contribution in [3.05, 3.63) is 64.1 Å². The minimum absolute atomic E-state index is 0.149. The summed E-state index contributed by atoms with van der Waals surface area (Å²) in [6, 6.07) is 7.40. The number of halogens is 2. The van der Waals surface area contributed by atoms with Gasteiger partial charge in [0.05, 0.1) is 17.1 Å². The Balaban J connectivity index is 1.86. The van der Waals surface area contributed by atoms with E-state index in [1.165, 1.54) is 12.1 Å². The number of hydrogen-bond donors (Lipinski definition) is 5. The lowest BCUT2D eigenvalue weighted by molar-refractivity contribution is -0.250. The second-order valence-electron chi connectivity index (χ2n) is 7.82. The molecule has 1 aromatic heterocycles. The molecule has 9 heteroatoms. The number of ether oxygens (including phenoxy) is 1. The molecule has 3 aromatic rings. The minimum atomic E-state index is -1.54. The van der Waals surface area contributed by atoms with Crippen molar-refractivity contribution in [2.24, 2.45) is 0 Å². The Bertz CT molecular complexity index is 1120. The van der Waals surface area contributed by atoms with Crippen molar-refractivity contribution < 1.29 is 34.7 Å². The van der Waals surface area contributed by atoms with Crippen molar-refractivity contribution in [3.8, 4) is 5.75 Å². The van der Waals surface area contributed by atoms with E-state index in [1.54, 1.807) is 22.9 Å². The molecule has 7 nitrogen and oxygen atoms in total.